The van der Waals surface area contributed by atoms with Gasteiger partial charge < -0.3 is 10.0 Å². The fourth-order valence-corrected chi connectivity index (χ4v) is 4.16. The number of benzene rings is 1. The number of nitrogens with zero attached hydrogens (tertiary/aromatic N) is 2. The van der Waals surface area contributed by atoms with Crippen molar-refractivity contribution in [2.75, 3.05) is 13.7 Å². The largest absolute Gasteiger partial charge is 0.394 e. The third kappa shape index (κ3) is 3.03. The standard InChI is InChI=1S/C18H25N3O/c1-21-15-7-8-16(21)10-14(9-15)17(11-19)20-18(12-22)13-5-3-2-4-6-13/h2-6,14-18,20,22H,7-10,12H2,1H3/t14?,15?,16?,17-,18?/m1/s1. The maximum Gasteiger partial charge on any atom is 0.0988 e. The minimum absolute atomic E-state index is 0.0155. The van der Waals surface area contributed by atoms with E-state index >= 15 is 0 Å². The summed E-state index contributed by atoms with van der Waals surface area (Å²) in [7, 11) is 2.22. The third-order valence-corrected chi connectivity index (χ3v) is 5.51. The molecule has 2 aliphatic rings. The maximum absolute atomic E-state index is 9.70. The Bertz CT molecular complexity index is 513. The molecule has 22 heavy (non-hydrogen) atoms. The average Bonchev–Trinajstić information content (AvgIpc) is 2.78. The lowest BCUT2D eigenvalue weighted by Gasteiger charge is -2.39. The topological polar surface area (TPSA) is 59.3 Å². The Morgan fingerprint density at radius 3 is 2.45 bits per heavy atom. The van der Waals surface area contributed by atoms with Crippen LogP contribution < -0.4 is 5.32 Å². The molecule has 4 nitrogen and oxygen atoms in total. The van der Waals surface area contributed by atoms with Gasteiger partial charge in [0.25, 0.3) is 0 Å². The van der Waals surface area contributed by atoms with E-state index in [2.05, 4.69) is 23.3 Å². The monoisotopic (exact) mass is 299 g/mol. The Morgan fingerprint density at radius 2 is 1.91 bits per heavy atom. The molecule has 2 N–H and O–H groups in total. The Balaban J connectivity index is 1.68. The summed E-state index contributed by atoms with van der Waals surface area (Å²) in [6, 6.07) is 13.3. The summed E-state index contributed by atoms with van der Waals surface area (Å²) in [4.78, 5) is 2.49. The molecule has 0 radical (unpaired) electrons. The molecule has 0 amide bonds. The van der Waals surface area contributed by atoms with Crippen molar-refractivity contribution in [2.45, 2.75) is 49.9 Å². The molecule has 0 saturated carbocycles. The minimum Gasteiger partial charge on any atom is -0.394 e. The number of hydrogen-bond donors (Lipinski definition) is 2. The van der Waals surface area contributed by atoms with E-state index in [9.17, 15) is 10.4 Å². The van der Waals surface area contributed by atoms with Gasteiger partial charge >= 0.3 is 0 Å². The first kappa shape index (κ1) is 15.5. The first-order valence-electron chi connectivity index (χ1n) is 8.26. The van der Waals surface area contributed by atoms with Crippen LogP contribution in [0.15, 0.2) is 30.3 Å². The molecule has 2 fully saturated rings. The fraction of sp³-hybridized carbons (Fsp3) is 0.611. The van der Waals surface area contributed by atoms with E-state index in [1.165, 1.54) is 12.8 Å². The molecule has 4 heteroatoms. The quantitative estimate of drug-likeness (QED) is 0.874. The van der Waals surface area contributed by atoms with Gasteiger partial charge in [0.1, 0.15) is 0 Å². The molecule has 118 valence electrons. The SMILES string of the molecule is CN1C2CCC1CC([C@@H](C#N)NC(CO)c1ccccc1)C2. The highest BCUT2D eigenvalue weighted by Gasteiger charge is 2.41. The number of nitriles is 1. The molecule has 0 aromatic heterocycles. The zero-order chi connectivity index (χ0) is 15.5. The van der Waals surface area contributed by atoms with Crippen LogP contribution in [0.3, 0.4) is 0 Å². The van der Waals surface area contributed by atoms with Crippen molar-refractivity contribution in [1.29, 1.82) is 5.26 Å². The summed E-state index contributed by atoms with van der Waals surface area (Å²) < 4.78 is 0. The van der Waals surface area contributed by atoms with Gasteiger partial charge in [0.15, 0.2) is 0 Å². The molecule has 0 aliphatic carbocycles. The van der Waals surface area contributed by atoms with Crippen LogP contribution in [0.1, 0.15) is 37.3 Å². The summed E-state index contributed by atoms with van der Waals surface area (Å²) in [5, 5.41) is 22.7. The van der Waals surface area contributed by atoms with Crippen molar-refractivity contribution in [2.24, 2.45) is 5.92 Å². The van der Waals surface area contributed by atoms with Crippen LogP contribution in [-0.2, 0) is 0 Å². The van der Waals surface area contributed by atoms with Gasteiger partial charge in [-0.3, -0.25) is 5.32 Å². The van der Waals surface area contributed by atoms with E-state index in [-0.39, 0.29) is 18.7 Å². The van der Waals surface area contributed by atoms with Gasteiger partial charge in [-0.15, -0.1) is 0 Å². The predicted octanol–water partition coefficient (Wildman–Crippen LogP) is 2.07. The van der Waals surface area contributed by atoms with Crippen molar-refractivity contribution in [3.05, 3.63) is 35.9 Å². The van der Waals surface area contributed by atoms with Crippen molar-refractivity contribution >= 4 is 0 Å². The van der Waals surface area contributed by atoms with Crippen molar-refractivity contribution in [3.8, 4) is 6.07 Å². The lowest BCUT2D eigenvalue weighted by atomic mass is 9.85. The van der Waals surface area contributed by atoms with Gasteiger partial charge in [-0.2, -0.15) is 5.26 Å². The lowest BCUT2D eigenvalue weighted by Crippen LogP contribution is -2.47. The molecule has 2 aliphatic heterocycles. The second-order valence-corrected chi connectivity index (χ2v) is 6.70. The molecular weight excluding hydrogens is 274 g/mol. The number of nitrogens with one attached hydrogen (secondary N) is 1. The van der Waals surface area contributed by atoms with E-state index in [0.717, 1.165) is 18.4 Å². The summed E-state index contributed by atoms with van der Waals surface area (Å²) in [6.45, 7) is 0.0155. The molecule has 0 spiro atoms. The lowest BCUT2D eigenvalue weighted by molar-refractivity contribution is 0.116. The first-order chi connectivity index (χ1) is 10.7. The zero-order valence-electron chi connectivity index (χ0n) is 13.2. The molecule has 1 aromatic rings. The Hall–Kier alpha value is -1.41. The van der Waals surface area contributed by atoms with E-state index in [4.69, 9.17) is 0 Å². The highest BCUT2D eigenvalue weighted by molar-refractivity contribution is 5.20. The minimum atomic E-state index is -0.186. The van der Waals surface area contributed by atoms with Crippen LogP contribution in [0.25, 0.3) is 0 Å². The molecular formula is C18H25N3O. The summed E-state index contributed by atoms with van der Waals surface area (Å²) in [6.07, 6.45) is 4.70. The van der Waals surface area contributed by atoms with Gasteiger partial charge in [-0.05, 0) is 44.2 Å². The Morgan fingerprint density at radius 1 is 1.27 bits per heavy atom. The van der Waals surface area contributed by atoms with Gasteiger partial charge in [0, 0.05) is 12.1 Å². The van der Waals surface area contributed by atoms with E-state index in [1.807, 2.05) is 30.3 Å². The van der Waals surface area contributed by atoms with Crippen LogP contribution in [0.4, 0.5) is 0 Å². The number of aliphatic hydroxyl groups is 1. The van der Waals surface area contributed by atoms with Gasteiger partial charge in [0.2, 0.25) is 0 Å². The van der Waals surface area contributed by atoms with Gasteiger partial charge in [-0.1, -0.05) is 30.3 Å². The fourth-order valence-electron chi connectivity index (χ4n) is 4.16. The molecule has 3 rings (SSSR count). The predicted molar refractivity (Wildman–Crippen MR) is 86.1 cm³/mol. The second-order valence-electron chi connectivity index (χ2n) is 6.70. The van der Waals surface area contributed by atoms with Crippen molar-refractivity contribution in [3.63, 3.8) is 0 Å². The van der Waals surface area contributed by atoms with Crippen molar-refractivity contribution < 1.29 is 5.11 Å². The maximum atomic E-state index is 9.70. The Kier molecular flexibility index (Phi) is 4.77. The Labute approximate surface area is 132 Å². The first-order valence-corrected chi connectivity index (χ1v) is 8.26. The zero-order valence-corrected chi connectivity index (χ0v) is 13.2. The van der Waals surface area contributed by atoms with E-state index in [0.29, 0.717) is 18.0 Å². The van der Waals surface area contributed by atoms with Crippen LogP contribution in [0.5, 0.6) is 0 Å². The molecule has 2 bridgehead atoms. The number of piperidine rings is 1. The molecule has 2 saturated heterocycles. The highest BCUT2D eigenvalue weighted by atomic mass is 16.3. The summed E-state index contributed by atoms with van der Waals surface area (Å²) in [5.74, 6) is 0.386. The van der Waals surface area contributed by atoms with Crippen LogP contribution in [0.2, 0.25) is 0 Å². The smallest absolute Gasteiger partial charge is 0.0988 e. The van der Waals surface area contributed by atoms with Gasteiger partial charge in [-0.25, -0.2) is 0 Å². The van der Waals surface area contributed by atoms with Crippen molar-refractivity contribution in [1.82, 2.24) is 10.2 Å². The normalized spacial score (nSPS) is 30.7. The van der Waals surface area contributed by atoms with Crippen LogP contribution in [-0.4, -0.2) is 41.8 Å². The molecule has 3 unspecified atom stereocenters. The average molecular weight is 299 g/mol. The van der Waals surface area contributed by atoms with Gasteiger partial charge in [0.05, 0.1) is 24.8 Å². The number of rotatable bonds is 5. The number of aliphatic hydroxyl groups excluding tert-OH is 1. The van der Waals surface area contributed by atoms with Crippen LogP contribution in [0, 0.1) is 17.2 Å². The summed E-state index contributed by atoms with van der Waals surface area (Å²) >= 11 is 0. The van der Waals surface area contributed by atoms with E-state index < -0.39 is 0 Å². The molecule has 4 atom stereocenters. The second kappa shape index (κ2) is 6.78. The van der Waals surface area contributed by atoms with Crippen LogP contribution >= 0.6 is 0 Å². The highest BCUT2D eigenvalue weighted by Crippen LogP contribution is 2.39. The van der Waals surface area contributed by atoms with E-state index in [1.54, 1.807) is 0 Å². The number of fused-ring (bicyclic) bond motifs is 2. The third-order valence-electron chi connectivity index (χ3n) is 5.51. The molecule has 1 aromatic carbocycles. The number of hydrogen-bond acceptors (Lipinski definition) is 4. The molecule has 2 heterocycles. The summed E-state index contributed by atoms with van der Waals surface area (Å²) in [5.41, 5.74) is 1.04.